The highest BCUT2D eigenvalue weighted by molar-refractivity contribution is 6.03. The van der Waals surface area contributed by atoms with E-state index in [-0.39, 0.29) is 11.8 Å². The highest BCUT2D eigenvalue weighted by Crippen LogP contribution is 2.29. The highest BCUT2D eigenvalue weighted by atomic mass is 19.1. The zero-order valence-corrected chi connectivity index (χ0v) is 16.8. The monoisotopic (exact) mass is 411 g/mol. The second-order valence-corrected chi connectivity index (χ2v) is 6.60. The molecule has 0 aliphatic carbocycles. The Labute approximate surface area is 173 Å². The van der Waals surface area contributed by atoms with Crippen LogP contribution in [0.4, 0.5) is 16.2 Å². The van der Waals surface area contributed by atoms with Crippen LogP contribution in [0.5, 0.6) is 11.5 Å². The maximum atomic E-state index is 14.2. The zero-order valence-electron chi connectivity index (χ0n) is 16.8. The Morgan fingerprint density at radius 3 is 2.73 bits per heavy atom. The Morgan fingerprint density at radius 1 is 1.17 bits per heavy atom. The molecule has 0 saturated carbocycles. The smallest absolute Gasteiger partial charge is 0.245 e. The minimum Gasteiger partial charge on any atom is -0.497 e. The van der Waals surface area contributed by atoms with E-state index in [9.17, 15) is 4.39 Å². The number of ether oxygens (including phenoxy) is 3. The number of morpholine rings is 1. The van der Waals surface area contributed by atoms with Gasteiger partial charge in [-0.15, -0.1) is 0 Å². The summed E-state index contributed by atoms with van der Waals surface area (Å²) in [4.78, 5) is 10.1. The molecule has 0 bridgehead atoms. The number of fused-ring (bicyclic) bond motifs is 1. The highest BCUT2D eigenvalue weighted by Gasteiger charge is 2.17. The van der Waals surface area contributed by atoms with Crippen molar-refractivity contribution in [2.24, 2.45) is 5.10 Å². The first kappa shape index (κ1) is 19.8. The van der Waals surface area contributed by atoms with E-state index in [0.717, 1.165) is 28.3 Å². The average molecular weight is 411 g/mol. The Balaban J connectivity index is 1.61. The van der Waals surface area contributed by atoms with Crippen LogP contribution in [0, 0.1) is 5.82 Å². The van der Waals surface area contributed by atoms with Crippen molar-refractivity contribution >= 4 is 28.8 Å². The number of nitrogens with one attached hydrogen (secondary N) is 1. The van der Waals surface area contributed by atoms with E-state index in [0.29, 0.717) is 32.1 Å². The molecule has 1 aromatic heterocycles. The van der Waals surface area contributed by atoms with Crippen molar-refractivity contribution in [2.75, 3.05) is 50.8 Å². The van der Waals surface area contributed by atoms with Gasteiger partial charge in [0.05, 0.1) is 39.8 Å². The molecule has 1 aliphatic heterocycles. The molecule has 9 heteroatoms. The summed E-state index contributed by atoms with van der Waals surface area (Å²) in [6, 6.07) is 9.63. The molecule has 30 heavy (non-hydrogen) atoms. The van der Waals surface area contributed by atoms with E-state index in [1.807, 2.05) is 35.2 Å². The fourth-order valence-corrected chi connectivity index (χ4v) is 3.30. The van der Waals surface area contributed by atoms with Crippen LogP contribution < -0.4 is 19.8 Å². The average Bonchev–Trinajstić information content (AvgIpc) is 2.80. The lowest BCUT2D eigenvalue weighted by molar-refractivity contribution is 0.122. The molecular weight excluding hydrogens is 389 g/mol. The summed E-state index contributed by atoms with van der Waals surface area (Å²) in [5, 5.41) is 6.20. The molecule has 1 saturated heterocycles. The van der Waals surface area contributed by atoms with Crippen LogP contribution in [0.15, 0.2) is 41.6 Å². The number of halogens is 1. The van der Waals surface area contributed by atoms with Gasteiger partial charge in [-0.1, -0.05) is 12.1 Å². The van der Waals surface area contributed by atoms with Crippen molar-refractivity contribution in [3.05, 3.63) is 47.9 Å². The Hall–Kier alpha value is -3.46. The quantitative estimate of drug-likeness (QED) is 0.493. The largest absolute Gasteiger partial charge is 0.497 e. The Kier molecular flexibility index (Phi) is 5.89. The molecular formula is C21H22FN5O3. The Morgan fingerprint density at radius 2 is 1.97 bits per heavy atom. The number of aromatic nitrogens is 2. The third kappa shape index (κ3) is 4.11. The van der Waals surface area contributed by atoms with Crippen molar-refractivity contribution in [2.45, 2.75) is 0 Å². The number of hydrogen-bond donors (Lipinski definition) is 1. The van der Waals surface area contributed by atoms with E-state index < -0.39 is 5.82 Å². The zero-order chi connectivity index (χ0) is 20.9. The standard InChI is InChI=1S/C21H22FN5O3/c1-28-15-5-3-14-4-6-19(29-2)17(16(14)11-15)12-24-26-21-23-13-18(22)20(25-21)27-7-9-30-10-8-27/h3-6,11-13H,7-10H2,1-2H3,(H,23,25,26)/b24-12-. The molecule has 0 unspecified atom stereocenters. The lowest BCUT2D eigenvalue weighted by atomic mass is 10.0. The molecule has 2 aromatic carbocycles. The van der Waals surface area contributed by atoms with Gasteiger partial charge in [0.25, 0.3) is 0 Å². The third-order valence-corrected chi connectivity index (χ3v) is 4.84. The van der Waals surface area contributed by atoms with E-state index >= 15 is 0 Å². The van der Waals surface area contributed by atoms with Gasteiger partial charge in [-0.3, -0.25) is 0 Å². The van der Waals surface area contributed by atoms with Crippen LogP contribution in [-0.4, -0.2) is 56.7 Å². The molecule has 1 aliphatic rings. The summed E-state index contributed by atoms with van der Waals surface area (Å²) >= 11 is 0. The SMILES string of the molecule is COc1ccc2ccc(OC)c(/C=N\Nc3ncc(F)c(N4CCOCC4)n3)c2c1. The molecule has 2 heterocycles. The molecule has 1 fully saturated rings. The molecule has 1 N–H and O–H groups in total. The predicted octanol–water partition coefficient (Wildman–Crippen LogP) is 3.07. The van der Waals surface area contributed by atoms with Crippen molar-refractivity contribution in [1.82, 2.24) is 9.97 Å². The van der Waals surface area contributed by atoms with Crippen LogP contribution in [-0.2, 0) is 4.74 Å². The van der Waals surface area contributed by atoms with Gasteiger partial charge in [0, 0.05) is 18.7 Å². The Bertz CT molecular complexity index is 1060. The van der Waals surface area contributed by atoms with Crippen molar-refractivity contribution in [3.63, 3.8) is 0 Å². The number of hydrazone groups is 1. The third-order valence-electron chi connectivity index (χ3n) is 4.84. The van der Waals surface area contributed by atoms with Gasteiger partial charge in [-0.25, -0.2) is 14.8 Å². The lowest BCUT2D eigenvalue weighted by Crippen LogP contribution is -2.37. The van der Waals surface area contributed by atoms with Crippen molar-refractivity contribution < 1.29 is 18.6 Å². The lowest BCUT2D eigenvalue weighted by Gasteiger charge is -2.27. The van der Waals surface area contributed by atoms with Gasteiger partial charge in [0.1, 0.15) is 11.5 Å². The fraction of sp³-hybridized carbons (Fsp3) is 0.286. The van der Waals surface area contributed by atoms with E-state index in [1.54, 1.807) is 20.4 Å². The number of anilines is 2. The molecule has 0 radical (unpaired) electrons. The molecule has 8 nitrogen and oxygen atoms in total. The van der Waals surface area contributed by atoms with Crippen LogP contribution in [0.25, 0.3) is 10.8 Å². The number of benzene rings is 2. The minimum absolute atomic E-state index is 0.200. The van der Waals surface area contributed by atoms with E-state index in [2.05, 4.69) is 20.5 Å². The van der Waals surface area contributed by atoms with Gasteiger partial charge in [-0.05, 0) is 29.0 Å². The van der Waals surface area contributed by atoms with Crippen LogP contribution in [0.2, 0.25) is 0 Å². The van der Waals surface area contributed by atoms with Crippen LogP contribution >= 0.6 is 0 Å². The van der Waals surface area contributed by atoms with E-state index in [4.69, 9.17) is 14.2 Å². The van der Waals surface area contributed by atoms with Gasteiger partial charge < -0.3 is 19.1 Å². The summed E-state index contributed by atoms with van der Waals surface area (Å²) in [6.07, 6.45) is 2.76. The number of hydrogen-bond acceptors (Lipinski definition) is 8. The van der Waals surface area contributed by atoms with Gasteiger partial charge >= 0.3 is 0 Å². The van der Waals surface area contributed by atoms with Crippen LogP contribution in [0.3, 0.4) is 0 Å². The summed E-state index contributed by atoms with van der Waals surface area (Å²) < 4.78 is 30.3. The molecule has 0 spiro atoms. The first-order valence-electron chi connectivity index (χ1n) is 9.48. The van der Waals surface area contributed by atoms with Crippen LogP contribution in [0.1, 0.15) is 5.56 Å². The van der Waals surface area contributed by atoms with Gasteiger partial charge in [0.15, 0.2) is 11.6 Å². The predicted molar refractivity (Wildman–Crippen MR) is 113 cm³/mol. The first-order valence-corrected chi connectivity index (χ1v) is 9.48. The first-order chi connectivity index (χ1) is 14.7. The number of methoxy groups -OCH3 is 2. The second-order valence-electron chi connectivity index (χ2n) is 6.60. The van der Waals surface area contributed by atoms with Gasteiger partial charge in [0.2, 0.25) is 5.95 Å². The maximum Gasteiger partial charge on any atom is 0.245 e. The summed E-state index contributed by atoms with van der Waals surface area (Å²) in [5.41, 5.74) is 3.56. The van der Waals surface area contributed by atoms with E-state index in [1.165, 1.54) is 0 Å². The summed E-state index contributed by atoms with van der Waals surface area (Å²) in [5.74, 6) is 1.35. The summed E-state index contributed by atoms with van der Waals surface area (Å²) in [6.45, 7) is 2.22. The topological polar surface area (TPSA) is 81.1 Å². The molecule has 4 rings (SSSR count). The summed E-state index contributed by atoms with van der Waals surface area (Å²) in [7, 11) is 3.22. The second kappa shape index (κ2) is 8.91. The molecule has 0 atom stereocenters. The van der Waals surface area contributed by atoms with Crippen molar-refractivity contribution in [3.8, 4) is 11.5 Å². The number of nitrogens with zero attached hydrogens (tertiary/aromatic N) is 4. The van der Waals surface area contributed by atoms with Crippen molar-refractivity contribution in [1.29, 1.82) is 0 Å². The normalized spacial score (nSPS) is 14.3. The maximum absolute atomic E-state index is 14.2. The minimum atomic E-state index is -0.478. The molecule has 3 aromatic rings. The molecule has 0 amide bonds. The fourth-order valence-electron chi connectivity index (χ4n) is 3.30. The van der Waals surface area contributed by atoms with Gasteiger partial charge in [-0.2, -0.15) is 10.1 Å². The molecule has 156 valence electrons. The number of rotatable bonds is 6.